The minimum atomic E-state index is -0.0777. The van der Waals surface area contributed by atoms with E-state index >= 15 is 0 Å². The minimum Gasteiger partial charge on any atom is -0.350 e. The summed E-state index contributed by atoms with van der Waals surface area (Å²) in [6.45, 7) is 7.93. The summed E-state index contributed by atoms with van der Waals surface area (Å²) in [5.74, 6) is 0.680. The number of halogens is 1. The van der Waals surface area contributed by atoms with Crippen LogP contribution in [0.1, 0.15) is 54.4 Å². The number of benzene rings is 1. The predicted molar refractivity (Wildman–Crippen MR) is 139 cm³/mol. The van der Waals surface area contributed by atoms with Crippen LogP contribution in [-0.4, -0.2) is 64.9 Å². The van der Waals surface area contributed by atoms with Crippen LogP contribution in [0.2, 0.25) is 5.02 Å². The molecule has 2 atom stereocenters. The van der Waals surface area contributed by atoms with Crippen molar-refractivity contribution in [1.29, 1.82) is 0 Å². The molecule has 1 fully saturated rings. The largest absolute Gasteiger partial charge is 0.350 e. The van der Waals surface area contributed by atoms with E-state index in [0.29, 0.717) is 24.2 Å². The van der Waals surface area contributed by atoms with Gasteiger partial charge in [-0.25, -0.2) is 4.98 Å². The molecule has 1 aliphatic rings. The van der Waals surface area contributed by atoms with E-state index < -0.39 is 0 Å². The van der Waals surface area contributed by atoms with Crippen molar-refractivity contribution in [3.8, 4) is 0 Å². The molecule has 3 heterocycles. The summed E-state index contributed by atoms with van der Waals surface area (Å²) in [6.07, 6.45) is 4.18. The van der Waals surface area contributed by atoms with Crippen LogP contribution in [-0.2, 0) is 6.54 Å². The minimum absolute atomic E-state index is 0.0777. The number of pyridine rings is 1. The Morgan fingerprint density at radius 2 is 1.97 bits per heavy atom. The van der Waals surface area contributed by atoms with Crippen molar-refractivity contribution in [3.05, 3.63) is 70.6 Å². The van der Waals surface area contributed by atoms with E-state index in [1.807, 2.05) is 40.9 Å². The van der Waals surface area contributed by atoms with Gasteiger partial charge in [-0.3, -0.25) is 14.1 Å². The summed E-state index contributed by atoms with van der Waals surface area (Å²) < 4.78 is 1.92. The number of imidazole rings is 1. The van der Waals surface area contributed by atoms with Crippen LogP contribution in [0.5, 0.6) is 0 Å². The Morgan fingerprint density at radius 1 is 1.21 bits per heavy atom. The fraction of sp³-hybridized carbons (Fsp3) is 0.481. The molecule has 4 rings (SSSR count). The fourth-order valence-electron chi connectivity index (χ4n) is 4.88. The van der Waals surface area contributed by atoms with Gasteiger partial charge in [-0.2, -0.15) is 0 Å². The third-order valence-corrected chi connectivity index (χ3v) is 7.00. The molecule has 1 amide bonds. The molecule has 2 aromatic heterocycles. The van der Waals surface area contributed by atoms with Crippen LogP contribution < -0.4 is 5.32 Å². The van der Waals surface area contributed by atoms with Gasteiger partial charge < -0.3 is 10.2 Å². The van der Waals surface area contributed by atoms with Crippen LogP contribution in [0.15, 0.2) is 48.7 Å². The zero-order valence-corrected chi connectivity index (χ0v) is 21.4. The van der Waals surface area contributed by atoms with E-state index in [1.165, 1.54) is 12.0 Å². The van der Waals surface area contributed by atoms with Crippen LogP contribution in [0.25, 0.3) is 5.65 Å². The van der Waals surface area contributed by atoms with Gasteiger partial charge in [0.2, 0.25) is 0 Å². The lowest BCUT2D eigenvalue weighted by Gasteiger charge is -2.20. The van der Waals surface area contributed by atoms with Crippen molar-refractivity contribution in [3.63, 3.8) is 0 Å². The van der Waals surface area contributed by atoms with Gasteiger partial charge in [-0.15, -0.1) is 0 Å². The van der Waals surface area contributed by atoms with Crippen molar-refractivity contribution >= 4 is 23.2 Å². The zero-order chi connectivity index (χ0) is 24.2. The molecular weight excluding hydrogens is 446 g/mol. The molecule has 182 valence electrons. The second-order valence-electron chi connectivity index (χ2n) is 10.1. The SMILES string of the molecule is CC(C)CC(CNC(=O)c1cccc2nc(CN3CC[C@@H](N(C)C)C3)cn12)c1ccc(Cl)cc1. The first-order valence-corrected chi connectivity index (χ1v) is 12.6. The van der Waals surface area contributed by atoms with E-state index in [2.05, 4.69) is 55.2 Å². The number of hydrogen-bond donors (Lipinski definition) is 1. The van der Waals surface area contributed by atoms with Crippen molar-refractivity contribution in [2.24, 2.45) is 5.92 Å². The summed E-state index contributed by atoms with van der Waals surface area (Å²) in [7, 11) is 4.28. The molecule has 34 heavy (non-hydrogen) atoms. The number of likely N-dealkylation sites (tertiary alicyclic amines) is 1. The molecule has 7 heteroatoms. The molecule has 0 spiro atoms. The number of aromatic nitrogens is 2. The van der Waals surface area contributed by atoms with Crippen LogP contribution in [0.3, 0.4) is 0 Å². The lowest BCUT2D eigenvalue weighted by Crippen LogP contribution is -2.31. The average Bonchev–Trinajstić information content (AvgIpc) is 3.43. The van der Waals surface area contributed by atoms with E-state index in [1.54, 1.807) is 0 Å². The Labute approximate surface area is 207 Å². The van der Waals surface area contributed by atoms with Crippen molar-refractivity contribution in [1.82, 2.24) is 24.5 Å². The topological polar surface area (TPSA) is 52.9 Å². The second-order valence-corrected chi connectivity index (χ2v) is 10.5. The second kappa shape index (κ2) is 10.9. The molecule has 1 saturated heterocycles. The fourth-order valence-corrected chi connectivity index (χ4v) is 5.00. The van der Waals surface area contributed by atoms with Gasteiger partial charge in [-0.1, -0.05) is 43.6 Å². The highest BCUT2D eigenvalue weighted by atomic mass is 35.5. The highest BCUT2D eigenvalue weighted by Crippen LogP contribution is 2.25. The molecule has 0 saturated carbocycles. The standard InChI is InChI=1S/C27H36ClN5O/c1-19(2)14-21(20-8-10-22(28)11-9-20)15-29-27(34)25-6-5-7-26-30-23(17-33(25)26)16-32-13-12-24(18-32)31(3)4/h5-11,17,19,21,24H,12-16,18H2,1-4H3,(H,29,34)/t21?,24-/m1/s1. The van der Waals surface area contributed by atoms with E-state index in [4.69, 9.17) is 16.6 Å². The first-order chi connectivity index (χ1) is 16.3. The van der Waals surface area contributed by atoms with Crippen LogP contribution in [0.4, 0.5) is 0 Å². The van der Waals surface area contributed by atoms with Crippen molar-refractivity contribution < 1.29 is 4.79 Å². The number of fused-ring (bicyclic) bond motifs is 1. The molecule has 1 N–H and O–H groups in total. The molecule has 6 nitrogen and oxygen atoms in total. The lowest BCUT2D eigenvalue weighted by molar-refractivity contribution is 0.0943. The smallest absolute Gasteiger partial charge is 0.268 e. The summed E-state index contributed by atoms with van der Waals surface area (Å²) in [6, 6.07) is 14.3. The first kappa shape index (κ1) is 24.7. The molecule has 0 aliphatic carbocycles. The Balaban J connectivity index is 1.46. The van der Waals surface area contributed by atoms with Crippen LogP contribution in [0, 0.1) is 5.92 Å². The maximum atomic E-state index is 13.2. The van der Waals surface area contributed by atoms with Gasteiger partial charge in [0.25, 0.3) is 5.91 Å². The zero-order valence-electron chi connectivity index (χ0n) is 20.7. The number of amides is 1. The average molecular weight is 482 g/mol. The van der Waals surface area contributed by atoms with Gasteiger partial charge >= 0.3 is 0 Å². The third-order valence-electron chi connectivity index (χ3n) is 6.74. The maximum absolute atomic E-state index is 13.2. The maximum Gasteiger partial charge on any atom is 0.268 e. The van der Waals surface area contributed by atoms with E-state index in [-0.39, 0.29) is 11.8 Å². The highest BCUT2D eigenvalue weighted by Gasteiger charge is 2.25. The molecule has 0 radical (unpaired) electrons. The van der Waals surface area contributed by atoms with E-state index in [0.717, 1.165) is 42.4 Å². The Bertz CT molecular complexity index is 1110. The quantitative estimate of drug-likeness (QED) is 0.482. The number of likely N-dealkylation sites (N-methyl/N-ethyl adjacent to an activating group) is 1. The van der Waals surface area contributed by atoms with Gasteiger partial charge in [0.15, 0.2) is 0 Å². The number of hydrogen-bond acceptors (Lipinski definition) is 4. The van der Waals surface area contributed by atoms with E-state index in [9.17, 15) is 4.79 Å². The Kier molecular flexibility index (Phi) is 7.91. The predicted octanol–water partition coefficient (Wildman–Crippen LogP) is 4.68. The molecule has 1 unspecified atom stereocenters. The third kappa shape index (κ3) is 5.98. The van der Waals surface area contributed by atoms with Gasteiger partial charge in [-0.05, 0) is 62.7 Å². The number of nitrogens with one attached hydrogen (secondary N) is 1. The Morgan fingerprint density at radius 3 is 2.65 bits per heavy atom. The molecule has 3 aromatic rings. The highest BCUT2D eigenvalue weighted by molar-refractivity contribution is 6.30. The number of carbonyl (C=O) groups excluding carboxylic acids is 1. The molecule has 0 bridgehead atoms. The van der Waals surface area contributed by atoms with Crippen molar-refractivity contribution in [2.75, 3.05) is 33.7 Å². The summed E-state index contributed by atoms with van der Waals surface area (Å²) in [5, 5.41) is 3.90. The van der Waals surface area contributed by atoms with Crippen LogP contribution >= 0.6 is 11.6 Å². The number of rotatable bonds is 9. The molecule has 1 aliphatic heterocycles. The number of nitrogens with zero attached hydrogens (tertiary/aromatic N) is 4. The summed E-state index contributed by atoms with van der Waals surface area (Å²) >= 11 is 6.08. The Hall–Kier alpha value is -2.41. The van der Waals surface area contributed by atoms with Crippen molar-refractivity contribution in [2.45, 2.75) is 45.2 Å². The van der Waals surface area contributed by atoms with Gasteiger partial charge in [0, 0.05) is 49.4 Å². The monoisotopic (exact) mass is 481 g/mol. The lowest BCUT2D eigenvalue weighted by atomic mass is 9.90. The summed E-state index contributed by atoms with van der Waals surface area (Å²) in [5.41, 5.74) is 3.62. The summed E-state index contributed by atoms with van der Waals surface area (Å²) in [4.78, 5) is 22.7. The molecule has 1 aromatic carbocycles. The number of carbonyl (C=O) groups is 1. The van der Waals surface area contributed by atoms with Gasteiger partial charge in [0.1, 0.15) is 11.3 Å². The normalized spacial score (nSPS) is 17.7. The first-order valence-electron chi connectivity index (χ1n) is 12.2. The molecular formula is C27H36ClN5O. The van der Waals surface area contributed by atoms with Gasteiger partial charge in [0.05, 0.1) is 5.69 Å².